The van der Waals surface area contributed by atoms with Crippen molar-refractivity contribution in [2.24, 2.45) is 0 Å². The van der Waals surface area contributed by atoms with Crippen molar-refractivity contribution in [3.05, 3.63) is 63.6 Å². The summed E-state index contributed by atoms with van der Waals surface area (Å²) in [4.78, 5) is 23.9. The third kappa shape index (κ3) is 5.37. The second kappa shape index (κ2) is 8.13. The van der Waals surface area contributed by atoms with Crippen LogP contribution in [0, 0.1) is 0 Å². The molecule has 1 unspecified atom stereocenters. The van der Waals surface area contributed by atoms with Crippen LogP contribution in [-0.2, 0) is 20.7 Å². The Morgan fingerprint density at radius 3 is 2.48 bits per heavy atom. The Balaban J connectivity index is 1.89. The highest BCUT2D eigenvalue weighted by molar-refractivity contribution is 9.10. The number of anilines is 1. The maximum Gasteiger partial charge on any atom is 0.311 e. The molecular formula is C17H15BrClNO3. The summed E-state index contributed by atoms with van der Waals surface area (Å²) in [6, 6.07) is 14.1. The molecule has 0 aliphatic heterocycles. The molecule has 0 heterocycles. The van der Waals surface area contributed by atoms with E-state index in [0.717, 1.165) is 4.47 Å². The SMILES string of the molecule is CC(OC(=O)Cc1ccccc1Cl)C(=O)Nc1ccc(Br)cc1. The van der Waals surface area contributed by atoms with Gasteiger partial charge in [-0.15, -0.1) is 0 Å². The predicted molar refractivity (Wildman–Crippen MR) is 93.5 cm³/mol. The van der Waals surface area contributed by atoms with Gasteiger partial charge < -0.3 is 10.1 Å². The zero-order valence-corrected chi connectivity index (χ0v) is 14.7. The lowest BCUT2D eigenvalue weighted by Crippen LogP contribution is -2.30. The smallest absolute Gasteiger partial charge is 0.311 e. The third-order valence-electron chi connectivity index (χ3n) is 3.08. The van der Waals surface area contributed by atoms with E-state index >= 15 is 0 Å². The topological polar surface area (TPSA) is 55.4 Å². The van der Waals surface area contributed by atoms with Crippen molar-refractivity contribution in [2.75, 3.05) is 5.32 Å². The van der Waals surface area contributed by atoms with E-state index in [0.29, 0.717) is 16.3 Å². The van der Waals surface area contributed by atoms with Gasteiger partial charge in [0, 0.05) is 15.2 Å². The molecule has 0 saturated heterocycles. The van der Waals surface area contributed by atoms with Gasteiger partial charge in [-0.1, -0.05) is 45.7 Å². The van der Waals surface area contributed by atoms with Gasteiger partial charge in [0.15, 0.2) is 6.10 Å². The zero-order chi connectivity index (χ0) is 16.8. The van der Waals surface area contributed by atoms with Crippen LogP contribution in [-0.4, -0.2) is 18.0 Å². The number of carbonyl (C=O) groups excluding carboxylic acids is 2. The first-order valence-electron chi connectivity index (χ1n) is 6.95. The molecule has 23 heavy (non-hydrogen) atoms. The van der Waals surface area contributed by atoms with Crippen LogP contribution in [0.25, 0.3) is 0 Å². The minimum Gasteiger partial charge on any atom is -0.452 e. The van der Waals surface area contributed by atoms with Crippen LogP contribution >= 0.6 is 27.5 Å². The Morgan fingerprint density at radius 2 is 1.83 bits per heavy atom. The normalized spacial score (nSPS) is 11.6. The number of esters is 1. The lowest BCUT2D eigenvalue weighted by atomic mass is 10.1. The van der Waals surface area contributed by atoms with Crippen LogP contribution in [0.1, 0.15) is 12.5 Å². The molecule has 0 aliphatic rings. The van der Waals surface area contributed by atoms with Crippen LogP contribution in [0.4, 0.5) is 5.69 Å². The van der Waals surface area contributed by atoms with Gasteiger partial charge in [-0.25, -0.2) is 0 Å². The summed E-state index contributed by atoms with van der Waals surface area (Å²) >= 11 is 9.31. The van der Waals surface area contributed by atoms with Gasteiger partial charge in [-0.2, -0.15) is 0 Å². The number of nitrogens with one attached hydrogen (secondary N) is 1. The molecule has 1 atom stereocenters. The summed E-state index contributed by atoms with van der Waals surface area (Å²) in [7, 11) is 0. The van der Waals surface area contributed by atoms with Crippen molar-refractivity contribution < 1.29 is 14.3 Å². The standard InChI is InChI=1S/C17H15BrClNO3/c1-11(17(22)20-14-8-6-13(18)7-9-14)23-16(21)10-12-4-2-3-5-15(12)19/h2-9,11H,10H2,1H3,(H,20,22). The number of hydrogen-bond acceptors (Lipinski definition) is 3. The maximum atomic E-state index is 12.0. The van der Waals surface area contributed by atoms with E-state index < -0.39 is 12.1 Å². The molecule has 0 saturated carbocycles. The fourth-order valence-corrected chi connectivity index (χ4v) is 2.33. The molecule has 2 aromatic rings. The first-order chi connectivity index (χ1) is 11.0. The monoisotopic (exact) mass is 395 g/mol. The summed E-state index contributed by atoms with van der Waals surface area (Å²) in [5.74, 6) is -0.892. The molecule has 0 spiro atoms. The van der Waals surface area contributed by atoms with Gasteiger partial charge in [-0.3, -0.25) is 9.59 Å². The van der Waals surface area contributed by atoms with Crippen molar-refractivity contribution in [1.29, 1.82) is 0 Å². The average Bonchev–Trinajstić information content (AvgIpc) is 2.51. The molecule has 1 N–H and O–H groups in total. The van der Waals surface area contributed by atoms with E-state index in [1.54, 1.807) is 36.4 Å². The summed E-state index contributed by atoms with van der Waals surface area (Å²) < 4.78 is 6.06. The minimum atomic E-state index is -0.895. The largest absolute Gasteiger partial charge is 0.452 e. The van der Waals surface area contributed by atoms with Crippen molar-refractivity contribution in [3.8, 4) is 0 Å². The quantitative estimate of drug-likeness (QED) is 0.770. The highest BCUT2D eigenvalue weighted by Crippen LogP contribution is 2.17. The Morgan fingerprint density at radius 1 is 1.17 bits per heavy atom. The number of ether oxygens (including phenoxy) is 1. The Hall–Kier alpha value is -1.85. The minimum absolute atomic E-state index is 0.0234. The summed E-state index contributed by atoms with van der Waals surface area (Å²) in [5, 5.41) is 3.18. The first-order valence-corrected chi connectivity index (χ1v) is 8.12. The molecular weight excluding hydrogens is 382 g/mol. The number of carbonyl (C=O) groups is 2. The van der Waals surface area contributed by atoms with Crippen LogP contribution in [0.2, 0.25) is 5.02 Å². The highest BCUT2D eigenvalue weighted by atomic mass is 79.9. The molecule has 0 radical (unpaired) electrons. The maximum absolute atomic E-state index is 12.0. The van der Waals surface area contributed by atoms with E-state index in [9.17, 15) is 9.59 Å². The van der Waals surface area contributed by atoms with Crippen LogP contribution in [0.5, 0.6) is 0 Å². The molecule has 0 aromatic heterocycles. The fourth-order valence-electron chi connectivity index (χ4n) is 1.87. The van der Waals surface area contributed by atoms with E-state index in [-0.39, 0.29) is 12.3 Å². The second-order valence-corrected chi connectivity index (χ2v) is 6.22. The zero-order valence-electron chi connectivity index (χ0n) is 12.4. The summed E-state index contributed by atoms with van der Waals surface area (Å²) in [6.45, 7) is 1.53. The molecule has 0 aliphatic carbocycles. The molecule has 2 rings (SSSR count). The fraction of sp³-hybridized carbons (Fsp3) is 0.176. The first kappa shape index (κ1) is 17.5. The Bertz CT molecular complexity index is 703. The molecule has 2 aromatic carbocycles. The lowest BCUT2D eigenvalue weighted by molar-refractivity contribution is -0.152. The van der Waals surface area contributed by atoms with E-state index in [2.05, 4.69) is 21.2 Å². The van der Waals surface area contributed by atoms with Crippen LogP contribution in [0.15, 0.2) is 53.0 Å². The Kier molecular flexibility index (Phi) is 6.19. The summed E-state index contributed by atoms with van der Waals surface area (Å²) in [5.41, 5.74) is 1.30. The number of rotatable bonds is 5. The van der Waals surface area contributed by atoms with Gasteiger partial charge in [0.2, 0.25) is 0 Å². The van der Waals surface area contributed by atoms with Gasteiger partial charge >= 0.3 is 5.97 Å². The molecule has 0 bridgehead atoms. The van der Waals surface area contributed by atoms with E-state index in [1.165, 1.54) is 6.92 Å². The van der Waals surface area contributed by atoms with Gasteiger partial charge in [0.25, 0.3) is 5.91 Å². The number of benzene rings is 2. The molecule has 120 valence electrons. The van der Waals surface area contributed by atoms with Crippen LogP contribution < -0.4 is 5.32 Å². The van der Waals surface area contributed by atoms with Crippen molar-refractivity contribution >= 4 is 45.1 Å². The van der Waals surface area contributed by atoms with Crippen molar-refractivity contribution in [2.45, 2.75) is 19.4 Å². The molecule has 1 amide bonds. The third-order valence-corrected chi connectivity index (χ3v) is 3.98. The summed E-state index contributed by atoms with van der Waals surface area (Å²) in [6.07, 6.45) is -0.871. The molecule has 6 heteroatoms. The number of amides is 1. The van der Waals surface area contributed by atoms with Crippen LogP contribution in [0.3, 0.4) is 0 Å². The molecule has 0 fully saturated rings. The number of halogens is 2. The van der Waals surface area contributed by atoms with E-state index in [1.807, 2.05) is 12.1 Å². The number of hydrogen-bond donors (Lipinski definition) is 1. The highest BCUT2D eigenvalue weighted by Gasteiger charge is 2.18. The predicted octanol–water partition coefficient (Wildman–Crippen LogP) is 4.22. The Labute approximate surface area is 147 Å². The van der Waals surface area contributed by atoms with Crippen molar-refractivity contribution in [3.63, 3.8) is 0 Å². The van der Waals surface area contributed by atoms with E-state index in [4.69, 9.17) is 16.3 Å². The van der Waals surface area contributed by atoms with Crippen molar-refractivity contribution in [1.82, 2.24) is 0 Å². The van der Waals surface area contributed by atoms with Gasteiger partial charge in [-0.05, 0) is 42.8 Å². The molecule has 4 nitrogen and oxygen atoms in total. The van der Waals surface area contributed by atoms with Gasteiger partial charge in [0.1, 0.15) is 0 Å². The average molecular weight is 397 g/mol. The van der Waals surface area contributed by atoms with Gasteiger partial charge in [0.05, 0.1) is 6.42 Å². The lowest BCUT2D eigenvalue weighted by Gasteiger charge is -2.14. The second-order valence-electron chi connectivity index (χ2n) is 4.90.